The fourth-order valence-electron chi connectivity index (χ4n) is 8.61. The van der Waals surface area contributed by atoms with Gasteiger partial charge >= 0.3 is 5.97 Å². The van der Waals surface area contributed by atoms with Gasteiger partial charge in [0, 0.05) is 18.0 Å². The fourth-order valence-corrected chi connectivity index (χ4v) is 8.61. The lowest BCUT2D eigenvalue weighted by atomic mass is 9.47. The number of nitrogens with one attached hydrogen (secondary N) is 1. The first-order valence-electron chi connectivity index (χ1n) is 12.5. The Kier molecular flexibility index (Phi) is 4.51. The first-order chi connectivity index (χ1) is 15.4. The van der Waals surface area contributed by atoms with Crippen LogP contribution in [0.5, 0.6) is 0 Å². The van der Waals surface area contributed by atoms with Crippen molar-refractivity contribution in [3.63, 3.8) is 0 Å². The van der Waals surface area contributed by atoms with Crippen molar-refractivity contribution < 1.29 is 9.90 Å². The van der Waals surface area contributed by atoms with E-state index in [1.54, 1.807) is 0 Å². The first kappa shape index (κ1) is 20.3. The molecule has 7 atom stereocenters. The van der Waals surface area contributed by atoms with Crippen molar-refractivity contribution in [1.29, 1.82) is 0 Å². The Morgan fingerprint density at radius 1 is 1.09 bits per heavy atom. The minimum atomic E-state index is -0.617. The van der Waals surface area contributed by atoms with Crippen LogP contribution in [0.4, 0.5) is 5.82 Å². The van der Waals surface area contributed by atoms with Crippen LogP contribution in [-0.4, -0.2) is 26.9 Å². The summed E-state index contributed by atoms with van der Waals surface area (Å²) in [5.74, 6) is 3.06. The van der Waals surface area contributed by atoms with Crippen molar-refractivity contribution >= 4 is 11.8 Å². The summed E-state index contributed by atoms with van der Waals surface area (Å²) in [6.07, 6.45) is 10.7. The van der Waals surface area contributed by atoms with Gasteiger partial charge in [0.1, 0.15) is 5.82 Å². The zero-order valence-electron chi connectivity index (χ0n) is 19.3. The average molecular weight is 434 g/mol. The highest BCUT2D eigenvalue weighted by Crippen LogP contribution is 2.66. The van der Waals surface area contributed by atoms with Crippen molar-refractivity contribution in [3.8, 4) is 5.69 Å². The molecule has 2 aromatic rings. The predicted molar refractivity (Wildman–Crippen MR) is 125 cm³/mol. The number of para-hydroxylation sites is 1. The molecule has 5 heteroatoms. The highest BCUT2D eigenvalue weighted by atomic mass is 16.4. The van der Waals surface area contributed by atoms with E-state index < -0.39 is 5.97 Å². The van der Waals surface area contributed by atoms with Crippen molar-refractivity contribution in [2.24, 2.45) is 34.5 Å². The number of nitrogens with zero attached hydrogens (tertiary/aromatic N) is 2. The molecular weight excluding hydrogens is 398 g/mol. The lowest BCUT2D eigenvalue weighted by Crippen LogP contribution is -2.58. The Bertz CT molecular complexity index is 1030. The van der Waals surface area contributed by atoms with Gasteiger partial charge in [0.05, 0.1) is 11.9 Å². The molecule has 170 valence electrons. The number of hydrogen-bond donors (Lipinski definition) is 2. The average Bonchev–Trinajstić information content (AvgIpc) is 3.32. The number of fused-ring (bicyclic) bond motifs is 6. The van der Waals surface area contributed by atoms with Crippen LogP contribution in [0.1, 0.15) is 64.4 Å². The van der Waals surface area contributed by atoms with Crippen LogP contribution < -0.4 is 5.32 Å². The third-order valence-electron chi connectivity index (χ3n) is 10.2. The molecule has 1 aliphatic heterocycles. The first-order valence-corrected chi connectivity index (χ1v) is 12.5. The van der Waals surface area contributed by atoms with E-state index >= 15 is 0 Å². The lowest BCUT2D eigenvalue weighted by Gasteiger charge is -2.60. The van der Waals surface area contributed by atoms with Gasteiger partial charge in [-0.1, -0.05) is 32.0 Å². The largest absolute Gasteiger partial charge is 0.481 e. The zero-order chi connectivity index (χ0) is 22.1. The summed E-state index contributed by atoms with van der Waals surface area (Å²) in [6.45, 7) is 4.95. The molecule has 3 aliphatic carbocycles. The molecule has 0 saturated heterocycles. The molecule has 1 aromatic carbocycles. The van der Waals surface area contributed by atoms with Crippen LogP contribution in [0.2, 0.25) is 0 Å². The summed E-state index contributed by atoms with van der Waals surface area (Å²) < 4.78 is 2.08. The molecule has 0 bridgehead atoms. The van der Waals surface area contributed by atoms with E-state index in [-0.39, 0.29) is 10.8 Å². The van der Waals surface area contributed by atoms with Crippen LogP contribution in [0, 0.1) is 34.5 Å². The summed E-state index contributed by atoms with van der Waals surface area (Å²) in [5.41, 5.74) is 2.92. The molecule has 0 radical (unpaired) electrons. The Balaban J connectivity index is 1.29. The zero-order valence-corrected chi connectivity index (χ0v) is 19.3. The van der Waals surface area contributed by atoms with Crippen LogP contribution in [0.25, 0.3) is 5.69 Å². The Hall–Kier alpha value is -2.30. The summed E-state index contributed by atoms with van der Waals surface area (Å²) in [4.78, 5) is 11.5. The second-order valence-electron chi connectivity index (χ2n) is 11.5. The molecule has 32 heavy (non-hydrogen) atoms. The summed E-state index contributed by atoms with van der Waals surface area (Å²) in [6, 6.07) is 10.9. The summed E-state index contributed by atoms with van der Waals surface area (Å²) >= 11 is 0. The third kappa shape index (κ3) is 2.82. The van der Waals surface area contributed by atoms with Gasteiger partial charge in [0.15, 0.2) is 0 Å². The van der Waals surface area contributed by atoms with Gasteiger partial charge in [-0.2, -0.15) is 5.10 Å². The number of carboxylic acids is 1. The molecular formula is C27H35N3O2. The third-order valence-corrected chi connectivity index (χ3v) is 10.2. The molecule has 2 heterocycles. The molecule has 0 spiro atoms. The molecule has 5 nitrogen and oxygen atoms in total. The number of carboxylic acid groups (broad SMARTS) is 1. The van der Waals surface area contributed by atoms with Gasteiger partial charge in [-0.3, -0.25) is 4.79 Å². The quantitative estimate of drug-likeness (QED) is 0.667. The maximum Gasteiger partial charge on any atom is 0.303 e. The highest BCUT2D eigenvalue weighted by Gasteiger charge is 2.60. The molecule has 3 fully saturated rings. The van der Waals surface area contributed by atoms with Crippen molar-refractivity contribution in [2.75, 3.05) is 5.32 Å². The number of aliphatic carboxylic acids is 1. The van der Waals surface area contributed by atoms with Gasteiger partial charge in [-0.25, -0.2) is 4.68 Å². The minimum Gasteiger partial charge on any atom is -0.481 e. The lowest BCUT2D eigenvalue weighted by molar-refractivity contribution is -0.140. The summed E-state index contributed by atoms with van der Waals surface area (Å²) in [7, 11) is 0. The highest BCUT2D eigenvalue weighted by molar-refractivity contribution is 5.67. The fraction of sp³-hybridized carbons (Fsp3) is 0.630. The standard InChI is InChI=1S/C27H35N3O2/c1-26-13-12-22-20(21(26)10-8-18(26)14-24(31)32)9-11-23-27(22,2)15-17-16-28-30(25(17)29-23)19-6-4-3-5-7-19/h3-7,16,18,20-23,29H,8-15H2,1-2H3,(H,31,32)/t18-,20+,21+,22+,23-,26-,27-/m1/s1. The van der Waals surface area contributed by atoms with E-state index in [9.17, 15) is 9.90 Å². The Morgan fingerprint density at radius 2 is 1.88 bits per heavy atom. The number of carbonyl (C=O) groups is 1. The topological polar surface area (TPSA) is 67.2 Å². The molecule has 4 aliphatic rings. The van der Waals surface area contributed by atoms with E-state index in [0.717, 1.165) is 24.4 Å². The van der Waals surface area contributed by atoms with E-state index in [0.29, 0.717) is 30.2 Å². The van der Waals surface area contributed by atoms with Crippen molar-refractivity contribution in [3.05, 3.63) is 42.1 Å². The molecule has 3 saturated carbocycles. The van der Waals surface area contributed by atoms with Gasteiger partial charge in [0.25, 0.3) is 0 Å². The predicted octanol–water partition coefficient (Wildman–Crippen LogP) is 5.54. The SMILES string of the molecule is C[C@]12Cc3cnn(-c4ccccc4)c3N[C@@H]1CC[C@@H]1[C@@H]2CC[C@]2(C)[C@@H](CC(=O)O)CC[C@@H]12. The number of aromatic nitrogens is 2. The van der Waals surface area contributed by atoms with Crippen LogP contribution in [0.15, 0.2) is 36.5 Å². The Labute approximate surface area is 190 Å². The second kappa shape index (κ2) is 7.10. The maximum absolute atomic E-state index is 11.5. The molecule has 6 rings (SSSR count). The van der Waals surface area contributed by atoms with Crippen molar-refractivity contribution in [2.45, 2.75) is 71.3 Å². The van der Waals surface area contributed by atoms with Gasteiger partial charge < -0.3 is 10.4 Å². The van der Waals surface area contributed by atoms with Gasteiger partial charge in [0.2, 0.25) is 0 Å². The second-order valence-corrected chi connectivity index (χ2v) is 11.5. The number of anilines is 1. The van der Waals surface area contributed by atoms with Crippen LogP contribution in [0.3, 0.4) is 0 Å². The van der Waals surface area contributed by atoms with E-state index in [1.807, 2.05) is 6.07 Å². The molecule has 2 N–H and O–H groups in total. The smallest absolute Gasteiger partial charge is 0.303 e. The van der Waals surface area contributed by atoms with Crippen molar-refractivity contribution in [1.82, 2.24) is 9.78 Å². The normalized spacial score (nSPS) is 39.9. The van der Waals surface area contributed by atoms with Gasteiger partial charge in [-0.05, 0) is 91.6 Å². The monoisotopic (exact) mass is 433 g/mol. The minimum absolute atomic E-state index is 0.216. The maximum atomic E-state index is 11.5. The van der Waals surface area contributed by atoms with E-state index in [2.05, 4.69) is 54.3 Å². The molecule has 0 amide bonds. The van der Waals surface area contributed by atoms with E-state index in [1.165, 1.54) is 43.5 Å². The molecule has 0 unspecified atom stereocenters. The van der Waals surface area contributed by atoms with Gasteiger partial charge in [-0.15, -0.1) is 0 Å². The van der Waals surface area contributed by atoms with Crippen LogP contribution in [-0.2, 0) is 11.2 Å². The number of hydrogen-bond acceptors (Lipinski definition) is 3. The number of benzene rings is 1. The van der Waals surface area contributed by atoms with Crippen LogP contribution >= 0.6 is 0 Å². The Morgan fingerprint density at radius 3 is 2.66 bits per heavy atom. The number of rotatable bonds is 3. The van der Waals surface area contributed by atoms with E-state index in [4.69, 9.17) is 5.10 Å². The molecule has 1 aromatic heterocycles. The summed E-state index contributed by atoms with van der Waals surface area (Å²) in [5, 5.41) is 18.2.